The molecule has 0 fully saturated rings. The van der Waals surface area contributed by atoms with Crippen LogP contribution in [0.15, 0.2) is 42.5 Å². The van der Waals surface area contributed by atoms with E-state index in [4.69, 9.17) is 27.9 Å². The first kappa shape index (κ1) is 23.1. The van der Waals surface area contributed by atoms with Crippen molar-refractivity contribution < 1.29 is 17.1 Å². The van der Waals surface area contributed by atoms with Crippen LogP contribution in [0, 0.1) is 6.92 Å². The number of benzene rings is 2. The van der Waals surface area contributed by atoms with Gasteiger partial charge in [-0.25, -0.2) is 0 Å². The lowest BCUT2D eigenvalue weighted by molar-refractivity contribution is -0.00000624. The fourth-order valence-electron chi connectivity index (χ4n) is 3.41. The van der Waals surface area contributed by atoms with Gasteiger partial charge in [-0.3, -0.25) is 0 Å². The Hall–Kier alpha value is -1.23. The molecular formula is C22H26Cl3N2O-. The van der Waals surface area contributed by atoms with Crippen molar-refractivity contribution in [2.24, 2.45) is 0 Å². The summed E-state index contributed by atoms with van der Waals surface area (Å²) in [4.78, 5) is 0. The Morgan fingerprint density at radius 1 is 1.11 bits per heavy atom. The highest BCUT2D eigenvalue weighted by Gasteiger charge is 2.14. The largest absolute Gasteiger partial charge is 1.00 e. The van der Waals surface area contributed by atoms with Crippen molar-refractivity contribution in [3.8, 4) is 0 Å². The monoisotopic (exact) mass is 439 g/mol. The minimum Gasteiger partial charge on any atom is -1.00 e. The van der Waals surface area contributed by atoms with E-state index in [1.165, 1.54) is 22.2 Å². The van der Waals surface area contributed by atoms with Crippen molar-refractivity contribution in [2.45, 2.75) is 33.4 Å². The van der Waals surface area contributed by atoms with Gasteiger partial charge in [-0.2, -0.15) is 0 Å². The third-order valence-electron chi connectivity index (χ3n) is 4.85. The Morgan fingerprint density at radius 3 is 2.64 bits per heavy atom. The van der Waals surface area contributed by atoms with Crippen LogP contribution in [0.3, 0.4) is 0 Å². The van der Waals surface area contributed by atoms with Crippen molar-refractivity contribution in [3.63, 3.8) is 0 Å². The second-order valence-corrected chi connectivity index (χ2v) is 7.47. The molecule has 152 valence electrons. The molecule has 3 aromatic rings. The molecule has 2 aromatic carbocycles. The van der Waals surface area contributed by atoms with Crippen LogP contribution in [0.1, 0.15) is 30.2 Å². The Morgan fingerprint density at radius 2 is 1.89 bits per heavy atom. The number of nitrogens with one attached hydrogen (secondary N) is 1. The highest BCUT2D eigenvalue weighted by molar-refractivity contribution is 6.35. The lowest BCUT2D eigenvalue weighted by Gasteiger charge is -2.11. The lowest BCUT2D eigenvalue weighted by Crippen LogP contribution is -3.00. The molecule has 0 aliphatic heterocycles. The van der Waals surface area contributed by atoms with E-state index in [1.807, 2.05) is 19.1 Å². The van der Waals surface area contributed by atoms with Gasteiger partial charge >= 0.3 is 0 Å². The van der Waals surface area contributed by atoms with Crippen molar-refractivity contribution in [2.75, 3.05) is 19.8 Å². The van der Waals surface area contributed by atoms with Crippen LogP contribution in [-0.4, -0.2) is 24.3 Å². The average Bonchev–Trinajstić information content (AvgIpc) is 2.92. The molecule has 0 bridgehead atoms. The van der Waals surface area contributed by atoms with Crippen LogP contribution in [0.4, 0.5) is 0 Å². The molecule has 0 aliphatic rings. The number of halogens is 3. The molecule has 0 amide bonds. The summed E-state index contributed by atoms with van der Waals surface area (Å²) in [5, 5.41) is 6.21. The van der Waals surface area contributed by atoms with E-state index in [9.17, 15) is 0 Å². The molecule has 0 unspecified atom stereocenters. The predicted molar refractivity (Wildman–Crippen MR) is 115 cm³/mol. The zero-order valence-corrected chi connectivity index (χ0v) is 18.5. The fraction of sp³-hybridized carbons (Fsp3) is 0.364. The zero-order valence-electron chi connectivity index (χ0n) is 16.3. The number of rotatable bonds is 9. The van der Waals surface area contributed by atoms with Crippen molar-refractivity contribution in [1.82, 2.24) is 9.88 Å². The minimum absolute atomic E-state index is 0. The lowest BCUT2D eigenvalue weighted by atomic mass is 10.1. The highest BCUT2D eigenvalue weighted by atomic mass is 35.5. The maximum absolute atomic E-state index is 6.41. The van der Waals surface area contributed by atoms with Crippen LogP contribution in [-0.2, 0) is 17.8 Å². The van der Waals surface area contributed by atoms with Crippen molar-refractivity contribution in [1.29, 1.82) is 0 Å². The Bertz CT molecular complexity index is 908. The second-order valence-electron chi connectivity index (χ2n) is 6.63. The van der Waals surface area contributed by atoms with E-state index in [0.29, 0.717) is 10.0 Å². The summed E-state index contributed by atoms with van der Waals surface area (Å²) in [5.74, 6) is 0. The first-order valence-corrected chi connectivity index (χ1v) is 10.2. The second kappa shape index (κ2) is 11.1. The highest BCUT2D eigenvalue weighted by Crippen LogP contribution is 2.29. The molecule has 0 saturated heterocycles. The standard InChI is InChI=1S/C22H26Cl2N2O.ClH/c1-3-27-12-6-11-25-14-20-16(2)26(22-8-5-4-7-19(20)22)15-17-9-10-18(23)13-21(17)24;/h4-5,7-10,13,25H,3,6,11-12,14-15H2,1-2H3;1H/p-1. The molecule has 0 saturated carbocycles. The van der Waals surface area contributed by atoms with E-state index < -0.39 is 0 Å². The molecule has 0 radical (unpaired) electrons. The molecule has 28 heavy (non-hydrogen) atoms. The Balaban J connectivity index is 0.00000280. The van der Waals surface area contributed by atoms with Gasteiger partial charge in [-0.15, -0.1) is 0 Å². The number of nitrogens with zero attached hydrogens (tertiary/aromatic N) is 1. The van der Waals surface area contributed by atoms with Crippen molar-refractivity contribution in [3.05, 3.63) is 69.3 Å². The summed E-state index contributed by atoms with van der Waals surface area (Å²) < 4.78 is 7.74. The van der Waals surface area contributed by atoms with Gasteiger partial charge in [0.05, 0.1) is 0 Å². The van der Waals surface area contributed by atoms with Gasteiger partial charge in [0.2, 0.25) is 0 Å². The summed E-state index contributed by atoms with van der Waals surface area (Å²) in [6.45, 7) is 8.31. The smallest absolute Gasteiger partial charge is 0.0493 e. The molecule has 1 aromatic heterocycles. The van der Waals surface area contributed by atoms with Crippen LogP contribution in [0.5, 0.6) is 0 Å². The van der Waals surface area contributed by atoms with Crippen molar-refractivity contribution >= 4 is 34.1 Å². The molecule has 0 spiro atoms. The molecule has 1 N–H and O–H groups in total. The van der Waals surface area contributed by atoms with Gasteiger partial charge in [0, 0.05) is 52.9 Å². The quantitative estimate of drug-likeness (QED) is 0.518. The average molecular weight is 441 g/mol. The van der Waals surface area contributed by atoms with E-state index in [0.717, 1.165) is 44.8 Å². The summed E-state index contributed by atoms with van der Waals surface area (Å²) in [6, 6.07) is 14.3. The fourth-order valence-corrected chi connectivity index (χ4v) is 3.88. The number of hydrogen-bond donors (Lipinski definition) is 1. The first-order valence-electron chi connectivity index (χ1n) is 9.41. The van der Waals surface area contributed by atoms with E-state index in [1.54, 1.807) is 6.07 Å². The number of hydrogen-bond acceptors (Lipinski definition) is 2. The summed E-state index contributed by atoms with van der Waals surface area (Å²) in [6.07, 6.45) is 1.02. The number of aromatic nitrogens is 1. The molecule has 3 rings (SSSR count). The Kier molecular flexibility index (Phi) is 9.13. The van der Waals surface area contributed by atoms with Gasteiger partial charge in [0.1, 0.15) is 0 Å². The number of para-hydroxylation sites is 1. The zero-order chi connectivity index (χ0) is 19.2. The first-order chi connectivity index (χ1) is 13.1. The third-order valence-corrected chi connectivity index (χ3v) is 5.44. The summed E-state index contributed by atoms with van der Waals surface area (Å²) in [7, 11) is 0. The summed E-state index contributed by atoms with van der Waals surface area (Å²) >= 11 is 12.5. The van der Waals surface area contributed by atoms with Crippen LogP contribution in [0.25, 0.3) is 10.9 Å². The normalized spacial score (nSPS) is 11.0. The SMILES string of the molecule is CCOCCCNCc1c(C)n(Cc2ccc(Cl)cc2Cl)c2ccccc12.[Cl-]. The summed E-state index contributed by atoms with van der Waals surface area (Å²) in [5.41, 5.74) is 4.90. The van der Waals surface area contributed by atoms with Crippen LogP contribution < -0.4 is 17.7 Å². The van der Waals surface area contributed by atoms with E-state index in [-0.39, 0.29) is 12.4 Å². The van der Waals surface area contributed by atoms with Gasteiger partial charge in [0.25, 0.3) is 0 Å². The topological polar surface area (TPSA) is 26.2 Å². The maximum Gasteiger partial charge on any atom is 0.0493 e. The molecule has 0 atom stereocenters. The van der Waals surface area contributed by atoms with E-state index in [2.05, 4.69) is 41.1 Å². The molecular weight excluding hydrogens is 415 g/mol. The molecule has 3 nitrogen and oxygen atoms in total. The van der Waals surface area contributed by atoms with Gasteiger partial charge in [-0.1, -0.05) is 47.5 Å². The van der Waals surface area contributed by atoms with Gasteiger partial charge < -0.3 is 27.0 Å². The van der Waals surface area contributed by atoms with Crippen LogP contribution >= 0.6 is 23.2 Å². The van der Waals surface area contributed by atoms with E-state index >= 15 is 0 Å². The van der Waals surface area contributed by atoms with Crippen LogP contribution in [0.2, 0.25) is 10.0 Å². The van der Waals surface area contributed by atoms with Gasteiger partial charge in [-0.05, 0) is 56.1 Å². The number of fused-ring (bicyclic) bond motifs is 1. The number of ether oxygens (including phenoxy) is 1. The predicted octanol–water partition coefficient (Wildman–Crippen LogP) is 2.83. The minimum atomic E-state index is 0. The molecule has 0 aliphatic carbocycles. The Labute approximate surface area is 183 Å². The molecule has 1 heterocycles. The third kappa shape index (κ3) is 5.43. The van der Waals surface area contributed by atoms with Gasteiger partial charge in [0.15, 0.2) is 0 Å². The maximum atomic E-state index is 6.41. The molecule has 6 heteroatoms.